The van der Waals surface area contributed by atoms with Crippen LogP contribution in [0.3, 0.4) is 0 Å². The summed E-state index contributed by atoms with van der Waals surface area (Å²) < 4.78 is 4.59. The van der Waals surface area contributed by atoms with Crippen molar-refractivity contribution in [2.24, 2.45) is 0 Å². The van der Waals surface area contributed by atoms with Crippen molar-refractivity contribution in [3.8, 4) is 5.75 Å². The number of aliphatic hydroxyl groups excluding tert-OH is 1. The number of aliphatic hydroxyl groups is 1. The van der Waals surface area contributed by atoms with Gasteiger partial charge in [-0.25, -0.2) is 9.59 Å². The summed E-state index contributed by atoms with van der Waals surface area (Å²) in [5, 5.41) is 31.9. The first-order valence-corrected chi connectivity index (χ1v) is 3.76. The van der Waals surface area contributed by atoms with Crippen LogP contribution in [0.15, 0.2) is 21.5 Å². The summed E-state index contributed by atoms with van der Waals surface area (Å²) in [5.41, 5.74) is -0.546. The van der Waals surface area contributed by atoms with Crippen molar-refractivity contribution < 1.29 is 34.4 Å². The van der Waals surface area contributed by atoms with Gasteiger partial charge in [-0.2, -0.15) is 0 Å². The van der Waals surface area contributed by atoms with Crippen molar-refractivity contribution in [2.45, 2.75) is 6.61 Å². The lowest BCUT2D eigenvalue weighted by atomic mass is 10.4. The van der Waals surface area contributed by atoms with Crippen LogP contribution >= 0.6 is 0 Å². The largest absolute Gasteiger partial charge is 0.502 e. The van der Waals surface area contributed by atoms with Gasteiger partial charge in [-0.05, 0) is 0 Å². The van der Waals surface area contributed by atoms with Gasteiger partial charge in [-0.1, -0.05) is 0 Å². The molecule has 8 heteroatoms. The van der Waals surface area contributed by atoms with E-state index in [1.807, 2.05) is 0 Å². The average molecular weight is 232 g/mol. The van der Waals surface area contributed by atoms with E-state index in [-0.39, 0.29) is 12.4 Å². The summed E-state index contributed by atoms with van der Waals surface area (Å²) in [7, 11) is 0. The molecule has 88 valence electrons. The van der Waals surface area contributed by atoms with Crippen LogP contribution in [0.1, 0.15) is 5.76 Å². The number of aliphatic carboxylic acids is 2. The molecule has 1 aromatic rings. The van der Waals surface area contributed by atoms with E-state index in [1.165, 1.54) is 0 Å². The van der Waals surface area contributed by atoms with E-state index < -0.39 is 23.1 Å². The first kappa shape index (κ1) is 13.7. The molecule has 16 heavy (non-hydrogen) atoms. The first-order chi connectivity index (χ1) is 7.38. The van der Waals surface area contributed by atoms with Gasteiger partial charge in [0, 0.05) is 6.07 Å². The van der Waals surface area contributed by atoms with E-state index in [0.717, 1.165) is 12.3 Å². The molecular weight excluding hydrogens is 224 g/mol. The summed E-state index contributed by atoms with van der Waals surface area (Å²) in [6, 6.07) is 1.04. The Morgan fingerprint density at radius 1 is 1.25 bits per heavy atom. The van der Waals surface area contributed by atoms with Crippen molar-refractivity contribution in [2.75, 3.05) is 0 Å². The molecule has 0 aliphatic carbocycles. The minimum Gasteiger partial charge on any atom is -0.502 e. The van der Waals surface area contributed by atoms with Crippen molar-refractivity contribution >= 4 is 11.9 Å². The molecule has 0 fully saturated rings. The molecule has 0 spiro atoms. The summed E-state index contributed by atoms with van der Waals surface area (Å²) in [6.45, 7) is -0.338. The molecule has 8 nitrogen and oxygen atoms in total. The predicted molar refractivity (Wildman–Crippen MR) is 47.8 cm³/mol. The molecule has 0 bridgehead atoms. The molecular formula is C8H8O8. The Kier molecular flexibility index (Phi) is 5.28. The maximum absolute atomic E-state index is 10.6. The molecule has 1 rings (SSSR count). The summed E-state index contributed by atoms with van der Waals surface area (Å²) in [4.78, 5) is 28.8. The van der Waals surface area contributed by atoms with Gasteiger partial charge >= 0.3 is 11.9 Å². The van der Waals surface area contributed by atoms with Crippen LogP contribution in [0, 0.1) is 0 Å². The second-order valence-electron chi connectivity index (χ2n) is 2.36. The molecule has 1 heterocycles. The highest BCUT2D eigenvalue weighted by molar-refractivity contribution is 6.27. The molecule has 0 aromatic carbocycles. The number of hydrogen-bond acceptors (Lipinski definition) is 6. The number of carboxylic acids is 2. The smallest absolute Gasteiger partial charge is 0.414 e. The highest BCUT2D eigenvalue weighted by atomic mass is 16.4. The van der Waals surface area contributed by atoms with Crippen LogP contribution in [-0.4, -0.2) is 32.4 Å². The first-order valence-electron chi connectivity index (χ1n) is 3.76. The maximum atomic E-state index is 10.6. The standard InChI is InChI=1S/C6H6O4.C2H2O4/c7-2-4-1-5(8)6(9)3-10-4;3-1(4)2(5)6/h1,3,7,9H,2H2;(H,3,4)(H,5,6). The fraction of sp³-hybridized carbons (Fsp3) is 0.125. The van der Waals surface area contributed by atoms with E-state index in [4.69, 9.17) is 30.0 Å². The van der Waals surface area contributed by atoms with Gasteiger partial charge in [0.25, 0.3) is 0 Å². The zero-order valence-corrected chi connectivity index (χ0v) is 7.78. The Labute approximate surface area is 88.0 Å². The number of carbonyl (C=O) groups is 2. The normalized spacial score (nSPS) is 8.81. The van der Waals surface area contributed by atoms with Gasteiger partial charge in [0.15, 0.2) is 5.75 Å². The predicted octanol–water partition coefficient (Wildman–Crippen LogP) is -1.01. The summed E-state index contributed by atoms with van der Waals surface area (Å²) in [5.74, 6) is -3.95. The summed E-state index contributed by atoms with van der Waals surface area (Å²) >= 11 is 0. The average Bonchev–Trinajstić information content (AvgIpc) is 2.23. The van der Waals surface area contributed by atoms with E-state index >= 15 is 0 Å². The third-order valence-electron chi connectivity index (χ3n) is 1.21. The number of carboxylic acid groups (broad SMARTS) is 2. The Hall–Kier alpha value is -2.35. The highest BCUT2D eigenvalue weighted by Gasteiger charge is 2.04. The number of hydrogen-bond donors (Lipinski definition) is 4. The molecule has 0 unspecified atom stereocenters. The molecule has 1 aromatic heterocycles. The fourth-order valence-corrected chi connectivity index (χ4v) is 0.527. The van der Waals surface area contributed by atoms with Crippen LogP contribution in [0.5, 0.6) is 5.75 Å². The number of aromatic hydroxyl groups is 1. The topological polar surface area (TPSA) is 145 Å². The molecule has 0 atom stereocenters. The lowest BCUT2D eigenvalue weighted by molar-refractivity contribution is -0.159. The van der Waals surface area contributed by atoms with Crippen molar-refractivity contribution in [1.29, 1.82) is 0 Å². The van der Waals surface area contributed by atoms with Gasteiger partial charge in [0.05, 0.1) is 0 Å². The summed E-state index contributed by atoms with van der Waals surface area (Å²) in [6.07, 6.45) is 0.897. The van der Waals surface area contributed by atoms with Crippen LogP contribution in [0.25, 0.3) is 0 Å². The van der Waals surface area contributed by atoms with E-state index in [2.05, 4.69) is 4.42 Å². The lowest BCUT2D eigenvalue weighted by Crippen LogP contribution is -2.09. The van der Waals surface area contributed by atoms with Gasteiger partial charge in [0.2, 0.25) is 5.43 Å². The minimum absolute atomic E-state index is 0.141. The minimum atomic E-state index is -1.82. The molecule has 0 aliphatic rings. The SMILES string of the molecule is O=C(O)C(=O)O.O=c1cc(CO)occ1O. The van der Waals surface area contributed by atoms with E-state index in [0.29, 0.717) is 0 Å². The van der Waals surface area contributed by atoms with Crippen LogP contribution in [0.4, 0.5) is 0 Å². The molecule has 0 aliphatic heterocycles. The Morgan fingerprint density at radius 3 is 2.06 bits per heavy atom. The van der Waals surface area contributed by atoms with Gasteiger partial charge in [-0.15, -0.1) is 0 Å². The monoisotopic (exact) mass is 232 g/mol. The van der Waals surface area contributed by atoms with Gasteiger partial charge in [0.1, 0.15) is 18.6 Å². The zero-order valence-electron chi connectivity index (χ0n) is 7.78. The quantitative estimate of drug-likeness (QED) is 0.450. The van der Waals surface area contributed by atoms with Crippen LogP contribution in [0.2, 0.25) is 0 Å². The molecule has 0 amide bonds. The molecule has 0 saturated carbocycles. The highest BCUT2D eigenvalue weighted by Crippen LogP contribution is 2.01. The van der Waals surface area contributed by atoms with E-state index in [1.54, 1.807) is 0 Å². The Bertz CT molecular complexity index is 420. The van der Waals surface area contributed by atoms with Crippen LogP contribution < -0.4 is 5.43 Å². The Balaban J connectivity index is 0.000000325. The van der Waals surface area contributed by atoms with E-state index in [9.17, 15) is 4.79 Å². The van der Waals surface area contributed by atoms with Gasteiger partial charge in [-0.3, -0.25) is 4.79 Å². The Morgan fingerprint density at radius 2 is 1.75 bits per heavy atom. The zero-order chi connectivity index (χ0) is 12.7. The van der Waals surface area contributed by atoms with Gasteiger partial charge < -0.3 is 24.8 Å². The molecule has 0 saturated heterocycles. The third kappa shape index (κ3) is 4.77. The second-order valence-corrected chi connectivity index (χ2v) is 2.36. The van der Waals surface area contributed by atoms with Crippen LogP contribution in [-0.2, 0) is 16.2 Å². The fourth-order valence-electron chi connectivity index (χ4n) is 0.527. The molecule has 0 radical (unpaired) electrons. The van der Waals surface area contributed by atoms with Crippen molar-refractivity contribution in [3.05, 3.63) is 28.3 Å². The number of rotatable bonds is 1. The van der Waals surface area contributed by atoms with Crippen molar-refractivity contribution in [1.82, 2.24) is 0 Å². The third-order valence-corrected chi connectivity index (χ3v) is 1.21. The lowest BCUT2D eigenvalue weighted by Gasteiger charge is -1.92. The molecule has 4 N–H and O–H groups in total. The maximum Gasteiger partial charge on any atom is 0.414 e. The second kappa shape index (κ2) is 6.19. The van der Waals surface area contributed by atoms with Crippen molar-refractivity contribution in [3.63, 3.8) is 0 Å².